The van der Waals surface area contributed by atoms with Gasteiger partial charge < -0.3 is 25.0 Å². The van der Waals surface area contributed by atoms with Gasteiger partial charge >= 0.3 is 11.9 Å². The van der Waals surface area contributed by atoms with Gasteiger partial charge in [-0.25, -0.2) is 0 Å². The maximum Gasteiger partial charge on any atom is 0.305 e. The molecule has 0 aliphatic rings. The van der Waals surface area contributed by atoms with Crippen molar-refractivity contribution >= 4 is 24.0 Å². The van der Waals surface area contributed by atoms with Crippen LogP contribution in [-0.2, 0) is 28.7 Å². The highest BCUT2D eigenvalue weighted by atomic mass is 19.1. The monoisotopic (exact) mass is 796 g/mol. The van der Waals surface area contributed by atoms with Crippen LogP contribution in [0, 0.1) is 11.8 Å². The van der Waals surface area contributed by atoms with E-state index in [0.717, 1.165) is 96.7 Å². The van der Waals surface area contributed by atoms with Gasteiger partial charge in [0.2, 0.25) is 11.7 Å². The van der Waals surface area contributed by atoms with E-state index in [1.165, 1.54) is 84.1 Å². The number of ketones is 1. The second kappa shape index (κ2) is 39.3. The topological polar surface area (TPSA) is 114 Å². The largest absolute Gasteiger partial charge is 0.466 e. The quantitative estimate of drug-likeness (QED) is 0.0156. The second-order valence-corrected chi connectivity index (χ2v) is 15.9. The molecule has 0 saturated heterocycles. The van der Waals surface area contributed by atoms with E-state index in [0.29, 0.717) is 50.9 Å². The van der Waals surface area contributed by atoms with E-state index in [-0.39, 0.29) is 23.9 Å². The number of nitrogens with zero attached hydrogens (tertiary/aromatic N) is 1. The van der Waals surface area contributed by atoms with Gasteiger partial charge in [-0.05, 0) is 76.4 Å². The van der Waals surface area contributed by atoms with Crippen molar-refractivity contribution < 1.29 is 33.0 Å². The average Bonchev–Trinajstić information content (AvgIpc) is 3.19. The predicted molar refractivity (Wildman–Crippen MR) is 229 cm³/mol. The molecular formula is C46H86FN3O6. The first-order valence-corrected chi connectivity index (χ1v) is 23.1. The predicted octanol–water partition coefficient (Wildman–Crippen LogP) is 10.9. The van der Waals surface area contributed by atoms with Crippen molar-refractivity contribution in [2.45, 2.75) is 201 Å². The molecule has 56 heavy (non-hydrogen) atoms. The lowest BCUT2D eigenvalue weighted by atomic mass is 9.92. The Hall–Kier alpha value is -2.49. The van der Waals surface area contributed by atoms with Crippen LogP contribution in [-0.4, -0.2) is 75.3 Å². The summed E-state index contributed by atoms with van der Waals surface area (Å²) >= 11 is 0. The maximum absolute atomic E-state index is 14.1. The smallest absolute Gasteiger partial charge is 0.305 e. The summed E-state index contributed by atoms with van der Waals surface area (Å²) < 4.78 is 25.2. The van der Waals surface area contributed by atoms with Gasteiger partial charge in [-0.15, -0.1) is 0 Å². The molecule has 9 nitrogen and oxygen atoms in total. The number of aldehydes is 1. The van der Waals surface area contributed by atoms with Gasteiger partial charge in [0.25, 0.3) is 0 Å². The minimum absolute atomic E-state index is 0.0636. The standard InChI is InChI=1S/C46H86FN3O6/c1-6-10-18-27-41(28-19-11-7-2)32-38-56-44(54)30-21-15-13-17-23-35-50(36-24-33-49-45(42(52)39-51)46(47)48-5)34-22-16-12-14-20-29-43(53)55-37-31-40(25-8-3)26-9-4/h39-41,48-49H,6-38H2,1-5H3/b46-45-. The number of allylic oxidation sites excluding steroid dienone is 1. The molecule has 0 saturated carbocycles. The fourth-order valence-electron chi connectivity index (χ4n) is 7.45. The van der Waals surface area contributed by atoms with Crippen LogP contribution < -0.4 is 10.6 Å². The van der Waals surface area contributed by atoms with Crippen LogP contribution in [0.25, 0.3) is 0 Å². The van der Waals surface area contributed by atoms with Crippen LogP contribution in [0.3, 0.4) is 0 Å². The van der Waals surface area contributed by atoms with Crippen molar-refractivity contribution in [2.75, 3.05) is 46.4 Å². The zero-order valence-corrected chi connectivity index (χ0v) is 36.8. The lowest BCUT2D eigenvalue weighted by molar-refractivity contribution is -0.145. The van der Waals surface area contributed by atoms with Gasteiger partial charge in [0.05, 0.1) is 13.2 Å². The highest BCUT2D eigenvalue weighted by Crippen LogP contribution is 2.22. The zero-order valence-electron chi connectivity index (χ0n) is 36.8. The van der Waals surface area contributed by atoms with Crippen molar-refractivity contribution in [1.29, 1.82) is 0 Å². The summed E-state index contributed by atoms with van der Waals surface area (Å²) in [4.78, 5) is 49.9. The third-order valence-corrected chi connectivity index (χ3v) is 10.9. The Balaban J connectivity index is 4.54. The van der Waals surface area contributed by atoms with Crippen LogP contribution >= 0.6 is 0 Å². The summed E-state index contributed by atoms with van der Waals surface area (Å²) in [5.74, 6) is -0.555. The van der Waals surface area contributed by atoms with Gasteiger partial charge in [0, 0.05) is 26.4 Å². The normalized spacial score (nSPS) is 11.9. The molecule has 0 atom stereocenters. The van der Waals surface area contributed by atoms with Crippen molar-refractivity contribution in [1.82, 2.24) is 15.5 Å². The van der Waals surface area contributed by atoms with Gasteiger partial charge in [0.15, 0.2) is 6.29 Å². The molecule has 0 fully saturated rings. The van der Waals surface area contributed by atoms with E-state index >= 15 is 0 Å². The third kappa shape index (κ3) is 31.6. The first-order valence-electron chi connectivity index (χ1n) is 23.1. The summed E-state index contributed by atoms with van der Waals surface area (Å²) in [5, 5.41) is 5.10. The van der Waals surface area contributed by atoms with Gasteiger partial charge in [-0.1, -0.05) is 143 Å². The van der Waals surface area contributed by atoms with E-state index in [4.69, 9.17) is 9.47 Å². The molecule has 2 N–H and O–H groups in total. The second-order valence-electron chi connectivity index (χ2n) is 15.9. The molecular weight excluding hydrogens is 710 g/mol. The highest BCUT2D eigenvalue weighted by Gasteiger charge is 2.15. The number of esters is 2. The van der Waals surface area contributed by atoms with Crippen LogP contribution in [0.1, 0.15) is 201 Å². The van der Waals surface area contributed by atoms with E-state index in [9.17, 15) is 23.6 Å². The molecule has 0 radical (unpaired) electrons. The summed E-state index contributed by atoms with van der Waals surface area (Å²) in [7, 11) is 1.37. The van der Waals surface area contributed by atoms with Crippen LogP contribution in [0.4, 0.5) is 4.39 Å². The molecule has 328 valence electrons. The number of rotatable bonds is 42. The Bertz CT molecular complexity index is 993. The Morgan fingerprint density at radius 3 is 1.46 bits per heavy atom. The maximum atomic E-state index is 14.1. The van der Waals surface area contributed by atoms with E-state index in [1.54, 1.807) is 0 Å². The molecule has 0 aromatic heterocycles. The SMILES string of the molecule is CCCCCC(CCCCC)CCOC(=O)CCCCCCCN(CCCCCCCC(=O)OCCC(CCC)CCC)CCCN/C(C(=O)C=O)=C(/F)NC. The summed E-state index contributed by atoms with van der Waals surface area (Å²) in [6, 6.07) is 0. The minimum Gasteiger partial charge on any atom is -0.466 e. The first kappa shape index (κ1) is 53.5. The van der Waals surface area contributed by atoms with E-state index in [2.05, 4.69) is 43.2 Å². The molecule has 0 amide bonds. The van der Waals surface area contributed by atoms with Crippen LogP contribution in [0.5, 0.6) is 0 Å². The summed E-state index contributed by atoms with van der Waals surface area (Å²) in [5.41, 5.74) is -0.326. The summed E-state index contributed by atoms with van der Waals surface area (Å²) in [6.45, 7) is 13.1. The fraction of sp³-hybridized carbons (Fsp3) is 0.870. The third-order valence-electron chi connectivity index (χ3n) is 10.9. The number of nitrogens with one attached hydrogen (secondary N) is 2. The molecule has 0 unspecified atom stereocenters. The van der Waals surface area contributed by atoms with Crippen molar-refractivity contribution in [2.24, 2.45) is 11.8 Å². The Kier molecular flexibility index (Phi) is 37.6. The number of hydrogen-bond acceptors (Lipinski definition) is 9. The number of carbonyl (C=O) groups excluding carboxylic acids is 4. The molecule has 0 aromatic carbocycles. The van der Waals surface area contributed by atoms with Crippen molar-refractivity contribution in [3.05, 3.63) is 11.6 Å². The van der Waals surface area contributed by atoms with Crippen LogP contribution in [0.2, 0.25) is 0 Å². The molecule has 10 heteroatoms. The number of ether oxygens (including phenoxy) is 2. The zero-order chi connectivity index (χ0) is 41.5. The summed E-state index contributed by atoms with van der Waals surface area (Å²) in [6.07, 6.45) is 28.8. The molecule has 0 spiro atoms. The fourth-order valence-corrected chi connectivity index (χ4v) is 7.45. The first-order chi connectivity index (χ1) is 27.3. The van der Waals surface area contributed by atoms with Gasteiger partial charge in [0.1, 0.15) is 5.70 Å². The molecule has 0 aliphatic carbocycles. The van der Waals surface area contributed by atoms with Crippen molar-refractivity contribution in [3.63, 3.8) is 0 Å². The lowest BCUT2D eigenvalue weighted by Gasteiger charge is -2.22. The number of carbonyl (C=O) groups is 4. The number of unbranched alkanes of at least 4 members (excludes halogenated alkanes) is 12. The average molecular weight is 796 g/mol. The van der Waals surface area contributed by atoms with Gasteiger partial charge in [-0.3, -0.25) is 19.2 Å². The number of Topliss-reactive ketones (excluding diaryl/α,β-unsaturated/α-hetero) is 1. The highest BCUT2D eigenvalue weighted by molar-refractivity contribution is 6.32. The molecule has 0 heterocycles. The molecule has 0 rings (SSSR count). The van der Waals surface area contributed by atoms with E-state index < -0.39 is 11.7 Å². The Morgan fingerprint density at radius 1 is 0.571 bits per heavy atom. The van der Waals surface area contributed by atoms with Gasteiger partial charge in [-0.2, -0.15) is 4.39 Å². The minimum atomic E-state index is -0.910. The van der Waals surface area contributed by atoms with Crippen LogP contribution in [0.15, 0.2) is 11.6 Å². The number of hydrogen-bond donors (Lipinski definition) is 2. The lowest BCUT2D eigenvalue weighted by Crippen LogP contribution is -2.31. The number of halogens is 1. The molecule has 0 aliphatic heterocycles. The van der Waals surface area contributed by atoms with Crippen molar-refractivity contribution in [3.8, 4) is 0 Å². The van der Waals surface area contributed by atoms with E-state index in [1.807, 2.05) is 0 Å². The Labute approximate surface area is 342 Å². The Morgan fingerprint density at radius 2 is 1.02 bits per heavy atom. The molecule has 0 bridgehead atoms. The molecule has 0 aromatic rings.